The lowest BCUT2D eigenvalue weighted by molar-refractivity contribution is 0.0953. The van der Waals surface area contributed by atoms with Gasteiger partial charge in [-0.05, 0) is 30.7 Å². The Balaban J connectivity index is 2.65. The van der Waals surface area contributed by atoms with Crippen LogP contribution in [-0.2, 0) is 0 Å². The summed E-state index contributed by atoms with van der Waals surface area (Å²) in [7, 11) is 0. The molecule has 0 aliphatic rings. The summed E-state index contributed by atoms with van der Waals surface area (Å²) in [5.41, 5.74) is 4.41. The van der Waals surface area contributed by atoms with Crippen molar-refractivity contribution in [2.45, 2.75) is 6.92 Å². The summed E-state index contributed by atoms with van der Waals surface area (Å²) in [5, 5.41) is 9.08. The summed E-state index contributed by atoms with van der Waals surface area (Å²) >= 11 is 0. The largest absolute Gasteiger partial charge is 0.290 e. The van der Waals surface area contributed by atoms with Gasteiger partial charge in [0.2, 0.25) is 0 Å². The molecule has 3 N–H and O–H groups in total. The summed E-state index contributed by atoms with van der Waals surface area (Å²) in [6.45, 7) is 1.66. The molecule has 0 saturated heterocycles. The Hall–Kier alpha value is -2.78. The minimum absolute atomic E-state index is 0.202. The molecule has 0 spiro atoms. The van der Waals surface area contributed by atoms with Crippen LogP contribution in [0.25, 0.3) is 11.3 Å². The highest BCUT2D eigenvalue weighted by Gasteiger charge is 2.15. The third-order valence-corrected chi connectivity index (χ3v) is 2.73. The van der Waals surface area contributed by atoms with Crippen LogP contribution in [0.3, 0.4) is 0 Å². The number of amides is 1. The Kier molecular flexibility index (Phi) is 3.50. The van der Waals surface area contributed by atoms with Gasteiger partial charge in [0, 0.05) is 23.5 Å². The van der Waals surface area contributed by atoms with Gasteiger partial charge in [-0.25, -0.2) is 10.8 Å². The lowest BCUT2D eigenvalue weighted by Gasteiger charge is -2.09. The summed E-state index contributed by atoms with van der Waals surface area (Å²) < 4.78 is 0. The summed E-state index contributed by atoms with van der Waals surface area (Å²) in [5.74, 6) is 4.69. The fraction of sp³-hybridized carbons (Fsp3) is 0.0769. The van der Waals surface area contributed by atoms with E-state index < -0.39 is 5.91 Å². The van der Waals surface area contributed by atoms with E-state index in [2.05, 4.69) is 15.4 Å². The van der Waals surface area contributed by atoms with Crippen LogP contribution >= 0.6 is 0 Å². The lowest BCUT2D eigenvalue weighted by Crippen LogP contribution is -2.30. The van der Waals surface area contributed by atoms with Crippen molar-refractivity contribution in [3.8, 4) is 17.3 Å². The summed E-state index contributed by atoms with van der Waals surface area (Å²) in [6, 6.07) is 7.09. The van der Waals surface area contributed by atoms with E-state index in [0.29, 0.717) is 16.8 Å². The van der Waals surface area contributed by atoms with Crippen molar-refractivity contribution in [3.63, 3.8) is 0 Å². The van der Waals surface area contributed by atoms with Gasteiger partial charge in [-0.1, -0.05) is 0 Å². The molecule has 19 heavy (non-hydrogen) atoms. The van der Waals surface area contributed by atoms with Crippen LogP contribution in [0.1, 0.15) is 21.6 Å². The zero-order chi connectivity index (χ0) is 13.8. The van der Waals surface area contributed by atoms with E-state index in [9.17, 15) is 4.79 Å². The fourth-order valence-corrected chi connectivity index (χ4v) is 1.70. The van der Waals surface area contributed by atoms with Gasteiger partial charge >= 0.3 is 0 Å². The minimum atomic E-state index is -0.452. The van der Waals surface area contributed by atoms with Crippen LogP contribution in [0.15, 0.2) is 30.6 Å². The maximum atomic E-state index is 11.7. The third kappa shape index (κ3) is 2.41. The van der Waals surface area contributed by atoms with Crippen molar-refractivity contribution < 1.29 is 4.79 Å². The van der Waals surface area contributed by atoms with Crippen LogP contribution in [0, 0.1) is 18.3 Å². The van der Waals surface area contributed by atoms with Gasteiger partial charge in [0.25, 0.3) is 5.91 Å². The van der Waals surface area contributed by atoms with Crippen molar-refractivity contribution in [2.24, 2.45) is 5.84 Å². The van der Waals surface area contributed by atoms with E-state index in [1.54, 1.807) is 37.5 Å². The van der Waals surface area contributed by atoms with Gasteiger partial charge in [0.05, 0.1) is 5.69 Å². The van der Waals surface area contributed by atoms with Gasteiger partial charge in [-0.2, -0.15) is 5.26 Å². The molecule has 0 aromatic carbocycles. The lowest BCUT2D eigenvalue weighted by atomic mass is 10.0. The molecule has 0 aliphatic carbocycles. The van der Waals surface area contributed by atoms with Crippen LogP contribution < -0.4 is 11.3 Å². The number of nitriles is 1. The van der Waals surface area contributed by atoms with E-state index in [1.807, 2.05) is 6.07 Å². The average Bonchev–Trinajstić information content (AvgIpc) is 2.47. The number of nitrogens with two attached hydrogens (primary N) is 1. The summed E-state index contributed by atoms with van der Waals surface area (Å²) in [4.78, 5) is 19.8. The highest BCUT2D eigenvalue weighted by atomic mass is 16.2. The zero-order valence-electron chi connectivity index (χ0n) is 10.2. The van der Waals surface area contributed by atoms with Crippen molar-refractivity contribution in [1.29, 1.82) is 5.26 Å². The number of hydrazine groups is 1. The molecule has 0 aliphatic heterocycles. The van der Waals surface area contributed by atoms with Crippen LogP contribution in [0.5, 0.6) is 0 Å². The average molecular weight is 253 g/mol. The molecule has 6 heteroatoms. The number of nitrogen functional groups attached to an aromatic ring is 1. The van der Waals surface area contributed by atoms with E-state index in [-0.39, 0.29) is 5.69 Å². The highest BCUT2D eigenvalue weighted by molar-refractivity contribution is 5.96. The Labute approximate surface area is 109 Å². The molecule has 0 atom stereocenters. The molecule has 0 saturated carbocycles. The first-order valence-electron chi connectivity index (χ1n) is 5.50. The fourth-order valence-electron chi connectivity index (χ4n) is 1.70. The topological polar surface area (TPSA) is 105 Å². The maximum absolute atomic E-state index is 11.7. The molecule has 6 nitrogen and oxygen atoms in total. The van der Waals surface area contributed by atoms with Crippen molar-refractivity contribution in [1.82, 2.24) is 15.4 Å². The predicted octanol–water partition coefficient (Wildman–Crippen LogP) is 0.927. The zero-order valence-corrected chi connectivity index (χ0v) is 10.2. The first kappa shape index (κ1) is 12.7. The molecular formula is C13H11N5O. The van der Waals surface area contributed by atoms with E-state index in [1.165, 1.54) is 0 Å². The molecule has 2 aromatic rings. The molecule has 0 radical (unpaired) electrons. The predicted molar refractivity (Wildman–Crippen MR) is 68.6 cm³/mol. The van der Waals surface area contributed by atoms with Gasteiger partial charge < -0.3 is 0 Å². The Morgan fingerprint density at radius 1 is 1.42 bits per heavy atom. The smallest absolute Gasteiger partial charge is 0.265 e. The second kappa shape index (κ2) is 5.25. The first-order valence-corrected chi connectivity index (χ1v) is 5.50. The Morgan fingerprint density at radius 2 is 2.11 bits per heavy atom. The van der Waals surface area contributed by atoms with E-state index >= 15 is 0 Å². The SMILES string of the molecule is Cc1c(C(=O)NN)cc(-c2ccncc2)nc1C#N. The molecule has 94 valence electrons. The molecule has 1 amide bonds. The van der Waals surface area contributed by atoms with E-state index in [0.717, 1.165) is 5.56 Å². The number of pyridine rings is 2. The van der Waals surface area contributed by atoms with Crippen molar-refractivity contribution in [3.05, 3.63) is 47.4 Å². The second-order valence-corrected chi connectivity index (χ2v) is 3.85. The maximum Gasteiger partial charge on any atom is 0.265 e. The van der Waals surface area contributed by atoms with Crippen molar-refractivity contribution in [2.75, 3.05) is 0 Å². The number of nitrogens with zero attached hydrogens (tertiary/aromatic N) is 3. The van der Waals surface area contributed by atoms with Gasteiger partial charge in [0.1, 0.15) is 11.8 Å². The Morgan fingerprint density at radius 3 is 2.68 bits per heavy atom. The minimum Gasteiger partial charge on any atom is -0.290 e. The second-order valence-electron chi connectivity index (χ2n) is 3.85. The number of carbonyl (C=O) groups excluding carboxylic acids is 1. The van der Waals surface area contributed by atoms with E-state index in [4.69, 9.17) is 11.1 Å². The van der Waals surface area contributed by atoms with Crippen LogP contribution in [0.4, 0.5) is 0 Å². The summed E-state index contributed by atoms with van der Waals surface area (Å²) in [6.07, 6.45) is 3.23. The normalized spacial score (nSPS) is 9.74. The standard InChI is InChI=1S/C13H11N5O/c1-8-10(13(19)18-15)6-11(17-12(8)7-14)9-2-4-16-5-3-9/h2-6H,15H2,1H3,(H,18,19). The molecule has 0 bridgehead atoms. The highest BCUT2D eigenvalue weighted by Crippen LogP contribution is 2.21. The molecule has 0 fully saturated rings. The van der Waals surface area contributed by atoms with Gasteiger partial charge in [-0.15, -0.1) is 0 Å². The van der Waals surface area contributed by atoms with Gasteiger partial charge in [-0.3, -0.25) is 15.2 Å². The molecule has 2 heterocycles. The number of nitrogens with one attached hydrogen (secondary N) is 1. The molecular weight excluding hydrogens is 242 g/mol. The first-order chi connectivity index (χ1) is 9.17. The number of rotatable bonds is 2. The number of hydrogen-bond acceptors (Lipinski definition) is 5. The van der Waals surface area contributed by atoms with Crippen molar-refractivity contribution >= 4 is 5.91 Å². The molecule has 2 aromatic heterocycles. The number of hydrogen-bond donors (Lipinski definition) is 2. The van der Waals surface area contributed by atoms with Crippen LogP contribution in [-0.4, -0.2) is 15.9 Å². The molecule has 2 rings (SSSR count). The Bertz CT molecular complexity index is 661. The van der Waals surface area contributed by atoms with Gasteiger partial charge in [0.15, 0.2) is 0 Å². The number of aromatic nitrogens is 2. The monoisotopic (exact) mass is 253 g/mol. The number of carbonyl (C=O) groups is 1. The van der Waals surface area contributed by atoms with Crippen LogP contribution in [0.2, 0.25) is 0 Å². The quantitative estimate of drug-likeness (QED) is 0.470. The third-order valence-electron chi connectivity index (χ3n) is 2.73. The molecule has 0 unspecified atom stereocenters.